The van der Waals surface area contributed by atoms with Crippen molar-refractivity contribution in [3.63, 3.8) is 0 Å². The lowest BCUT2D eigenvalue weighted by Crippen LogP contribution is -2.24. The van der Waals surface area contributed by atoms with Crippen LogP contribution < -0.4 is 5.14 Å². The molecule has 0 bridgehead atoms. The van der Waals surface area contributed by atoms with Gasteiger partial charge < -0.3 is 5.11 Å². The highest BCUT2D eigenvalue weighted by Crippen LogP contribution is 2.44. The van der Waals surface area contributed by atoms with E-state index in [2.05, 4.69) is 49.5 Å². The molecule has 10 heteroatoms. The summed E-state index contributed by atoms with van der Waals surface area (Å²) in [5.41, 5.74) is 5.91. The minimum atomic E-state index is -4.01. The topological polar surface area (TPSA) is 115 Å². The van der Waals surface area contributed by atoms with Crippen molar-refractivity contribution in [2.75, 3.05) is 6.61 Å². The summed E-state index contributed by atoms with van der Waals surface area (Å²) in [6.07, 6.45) is 5.25. The van der Waals surface area contributed by atoms with Crippen LogP contribution in [0.5, 0.6) is 0 Å². The fourth-order valence-electron chi connectivity index (χ4n) is 5.21. The Balaban J connectivity index is 1.37. The zero-order valence-electron chi connectivity index (χ0n) is 17.3. The molecule has 3 N–H and O–H groups in total. The van der Waals surface area contributed by atoms with Gasteiger partial charge in [-0.3, -0.25) is 4.18 Å². The minimum Gasteiger partial charge on any atom is -0.393 e. The third kappa shape index (κ3) is 4.36. The molecule has 170 valence electrons. The van der Waals surface area contributed by atoms with Gasteiger partial charge in [-0.2, -0.15) is 8.42 Å². The Bertz CT molecular complexity index is 1260. The summed E-state index contributed by atoms with van der Waals surface area (Å²) >= 11 is 5.33. The van der Waals surface area contributed by atoms with Crippen molar-refractivity contribution in [2.45, 2.75) is 50.0 Å². The van der Waals surface area contributed by atoms with Crippen LogP contribution in [0.3, 0.4) is 0 Å². The number of aliphatic hydroxyl groups is 1. The van der Waals surface area contributed by atoms with Crippen molar-refractivity contribution in [1.82, 2.24) is 9.97 Å². The summed E-state index contributed by atoms with van der Waals surface area (Å²) in [7, 11) is -4.01. The molecular formula is C22H24BrN3O4S2. The molecule has 32 heavy (non-hydrogen) atoms. The van der Waals surface area contributed by atoms with Crippen LogP contribution in [-0.4, -0.2) is 36.2 Å². The summed E-state index contributed by atoms with van der Waals surface area (Å²) in [6.45, 7) is -0.102. The Morgan fingerprint density at radius 1 is 1.25 bits per heavy atom. The Morgan fingerprint density at radius 2 is 2.09 bits per heavy atom. The lowest BCUT2D eigenvalue weighted by atomic mass is 9.95. The zero-order valence-corrected chi connectivity index (χ0v) is 20.5. The van der Waals surface area contributed by atoms with E-state index in [0.717, 1.165) is 40.7 Å². The number of nitrogens with zero attached hydrogens (tertiary/aromatic N) is 2. The maximum Gasteiger partial charge on any atom is 0.333 e. The normalized spacial score (nSPS) is 25.5. The lowest BCUT2D eigenvalue weighted by Gasteiger charge is -2.13. The molecule has 2 heterocycles. The molecule has 0 saturated heterocycles. The van der Waals surface area contributed by atoms with Crippen LogP contribution in [0.25, 0.3) is 10.2 Å². The Labute approximate surface area is 199 Å². The minimum absolute atomic E-state index is 0.0961. The van der Waals surface area contributed by atoms with Gasteiger partial charge in [0.2, 0.25) is 0 Å². The molecule has 5 rings (SSSR count). The van der Waals surface area contributed by atoms with Crippen molar-refractivity contribution in [1.29, 1.82) is 0 Å². The highest BCUT2D eigenvalue weighted by atomic mass is 79.9. The number of aromatic nitrogens is 2. The van der Waals surface area contributed by atoms with Crippen LogP contribution in [0.4, 0.5) is 0 Å². The number of rotatable bonds is 6. The molecular weight excluding hydrogens is 514 g/mol. The second-order valence-corrected chi connectivity index (χ2v) is 11.7. The van der Waals surface area contributed by atoms with Crippen molar-refractivity contribution in [2.24, 2.45) is 11.1 Å². The summed E-state index contributed by atoms with van der Waals surface area (Å²) in [5.74, 6) is 0.265. The van der Waals surface area contributed by atoms with Crippen LogP contribution in [0.1, 0.15) is 53.5 Å². The number of halogens is 1. The third-order valence-electron chi connectivity index (χ3n) is 6.78. The first-order valence-corrected chi connectivity index (χ1v) is 13.8. The largest absolute Gasteiger partial charge is 0.393 e. The van der Waals surface area contributed by atoms with Crippen molar-refractivity contribution in [3.8, 4) is 0 Å². The first-order valence-electron chi connectivity index (χ1n) is 10.6. The average molecular weight is 538 g/mol. The van der Waals surface area contributed by atoms with Gasteiger partial charge in [0, 0.05) is 10.4 Å². The van der Waals surface area contributed by atoms with E-state index in [1.807, 2.05) is 0 Å². The van der Waals surface area contributed by atoms with Crippen molar-refractivity contribution in [3.05, 3.63) is 56.8 Å². The highest BCUT2D eigenvalue weighted by Gasteiger charge is 2.36. The van der Waals surface area contributed by atoms with E-state index in [-0.39, 0.29) is 18.4 Å². The molecule has 2 aliphatic rings. The van der Waals surface area contributed by atoms with Gasteiger partial charge in [0.05, 0.1) is 28.6 Å². The molecule has 0 spiro atoms. The fourth-order valence-corrected chi connectivity index (χ4v) is 7.26. The van der Waals surface area contributed by atoms with Crippen molar-refractivity contribution >= 4 is 47.8 Å². The second kappa shape index (κ2) is 8.73. The van der Waals surface area contributed by atoms with E-state index in [1.165, 1.54) is 15.6 Å². The number of benzene rings is 1. The number of hydrogen-bond acceptors (Lipinski definition) is 7. The number of nitrogens with two attached hydrogens (primary N) is 1. The van der Waals surface area contributed by atoms with Crippen LogP contribution in [-0.2, 0) is 27.3 Å². The fraction of sp³-hybridized carbons (Fsp3) is 0.455. The first kappa shape index (κ1) is 22.4. The summed E-state index contributed by atoms with van der Waals surface area (Å²) in [6, 6.07) is 6.42. The zero-order chi connectivity index (χ0) is 22.5. The van der Waals surface area contributed by atoms with Crippen LogP contribution >= 0.6 is 27.3 Å². The average Bonchev–Trinajstić information content (AvgIpc) is 3.44. The smallest absolute Gasteiger partial charge is 0.333 e. The second-order valence-electron chi connectivity index (χ2n) is 8.71. The highest BCUT2D eigenvalue weighted by molar-refractivity contribution is 9.10. The molecule has 0 aliphatic heterocycles. The van der Waals surface area contributed by atoms with E-state index in [1.54, 1.807) is 17.7 Å². The third-order valence-corrected chi connectivity index (χ3v) is 9.02. The molecule has 4 atom stereocenters. The predicted octanol–water partition coefficient (Wildman–Crippen LogP) is 3.80. The maximum absolute atomic E-state index is 11.1. The molecule has 2 aromatic heterocycles. The van der Waals surface area contributed by atoms with E-state index in [4.69, 9.17) is 9.32 Å². The van der Waals surface area contributed by atoms with Gasteiger partial charge in [-0.1, -0.05) is 28.1 Å². The van der Waals surface area contributed by atoms with Gasteiger partial charge in [-0.15, -0.1) is 11.3 Å². The number of hydrogen-bond donors (Lipinski definition) is 2. The predicted molar refractivity (Wildman–Crippen MR) is 127 cm³/mol. The molecule has 7 nitrogen and oxygen atoms in total. The number of thiophene rings is 1. The number of fused-ring (bicyclic) bond motifs is 2. The van der Waals surface area contributed by atoms with Crippen LogP contribution in [0, 0.1) is 5.92 Å². The van der Waals surface area contributed by atoms with Crippen LogP contribution in [0.15, 0.2) is 34.4 Å². The van der Waals surface area contributed by atoms with E-state index < -0.39 is 16.4 Å². The molecule has 1 fully saturated rings. The van der Waals surface area contributed by atoms with E-state index >= 15 is 0 Å². The summed E-state index contributed by atoms with van der Waals surface area (Å²) in [4.78, 5) is 9.21. The maximum atomic E-state index is 11.1. The molecule has 0 amide bonds. The monoisotopic (exact) mass is 537 g/mol. The molecule has 0 radical (unpaired) electrons. The van der Waals surface area contributed by atoms with Crippen molar-refractivity contribution < 1.29 is 17.7 Å². The van der Waals surface area contributed by atoms with E-state index in [0.29, 0.717) is 18.8 Å². The van der Waals surface area contributed by atoms with Gasteiger partial charge in [0.1, 0.15) is 6.33 Å². The summed E-state index contributed by atoms with van der Waals surface area (Å²) < 4.78 is 29.2. The van der Waals surface area contributed by atoms with E-state index in [9.17, 15) is 13.5 Å². The number of aliphatic hydroxyl groups excluding tert-OH is 1. The molecule has 3 aromatic rings. The Kier molecular flexibility index (Phi) is 6.10. The van der Waals surface area contributed by atoms with Gasteiger partial charge in [-0.05, 0) is 72.1 Å². The SMILES string of the molecule is NS(=O)(=O)OC[C@@H]1C[C@@H](c2csc3c(C[C@@H]4CCc5c(Br)cccc54)ncnc23)C[C@@H]1O. The summed E-state index contributed by atoms with van der Waals surface area (Å²) in [5, 5.41) is 17.5. The van der Waals surface area contributed by atoms with Gasteiger partial charge in [-0.25, -0.2) is 15.1 Å². The Morgan fingerprint density at radius 3 is 2.91 bits per heavy atom. The van der Waals surface area contributed by atoms with Gasteiger partial charge in [0.15, 0.2) is 0 Å². The molecule has 2 aliphatic carbocycles. The quantitative estimate of drug-likeness (QED) is 0.494. The molecule has 1 aromatic carbocycles. The van der Waals surface area contributed by atoms with Crippen LogP contribution in [0.2, 0.25) is 0 Å². The Hall–Kier alpha value is -1.43. The lowest BCUT2D eigenvalue weighted by molar-refractivity contribution is 0.101. The van der Waals surface area contributed by atoms with Gasteiger partial charge in [0.25, 0.3) is 0 Å². The molecule has 1 saturated carbocycles. The van der Waals surface area contributed by atoms with Gasteiger partial charge >= 0.3 is 10.3 Å². The standard InChI is InChI=1S/C22H24BrN3O4S2/c23-18-3-1-2-15-12(4-5-16(15)18)7-19-22-21(26-11-25-19)17(10-31-22)13-6-14(20(27)8-13)9-30-32(24,28)29/h1-3,10-14,20,27H,4-9H2,(H2,24,28,29)/t12-,13+,14-,20-/m0/s1. The molecule has 0 unspecified atom stereocenters. The first-order chi connectivity index (χ1) is 15.3.